The average Bonchev–Trinajstić information content (AvgIpc) is 2.37. The quantitative estimate of drug-likeness (QED) is 0.634. The fourth-order valence-electron chi connectivity index (χ4n) is 1.89. The summed E-state index contributed by atoms with van der Waals surface area (Å²) in [7, 11) is 0. The summed E-state index contributed by atoms with van der Waals surface area (Å²) in [4.78, 5) is 0. The van der Waals surface area contributed by atoms with Crippen LogP contribution in [0.5, 0.6) is 5.75 Å². The van der Waals surface area contributed by atoms with Crippen molar-refractivity contribution in [3.63, 3.8) is 0 Å². The van der Waals surface area contributed by atoms with Crippen LogP contribution in [0, 0.1) is 3.57 Å². The van der Waals surface area contributed by atoms with E-state index in [1.165, 1.54) is 17.7 Å². The van der Waals surface area contributed by atoms with Gasteiger partial charge in [-0.25, -0.2) is 0 Å². The lowest BCUT2D eigenvalue weighted by Gasteiger charge is -2.11. The molecule has 106 valence electrons. The molecule has 2 aromatic rings. The molecule has 0 fully saturated rings. The Balaban J connectivity index is 2.34. The molecule has 2 aromatic carbocycles. The lowest BCUT2D eigenvalue weighted by atomic mass is 10.0. The van der Waals surface area contributed by atoms with Crippen molar-refractivity contribution in [3.05, 3.63) is 51.6 Å². The molecule has 0 aromatic heterocycles. The highest BCUT2D eigenvalue weighted by molar-refractivity contribution is 14.1. The zero-order valence-electron chi connectivity index (χ0n) is 10.7. The second kappa shape index (κ2) is 6.03. The van der Waals surface area contributed by atoms with Gasteiger partial charge in [0.15, 0.2) is 0 Å². The zero-order chi connectivity index (χ0) is 14.8. The Kier molecular flexibility index (Phi) is 4.57. The average molecular weight is 392 g/mol. The molecule has 1 nitrogen and oxygen atoms in total. The Hall–Kier alpha value is -1.24. The number of ether oxygens (including phenoxy) is 1. The normalized spacial score (nSPS) is 11.4. The van der Waals surface area contributed by atoms with Crippen LogP contribution in [0.1, 0.15) is 12.5 Å². The maximum atomic E-state index is 12.2. The zero-order valence-corrected chi connectivity index (χ0v) is 12.8. The molecule has 0 N–H and O–H groups in total. The van der Waals surface area contributed by atoms with Crippen LogP contribution in [0.2, 0.25) is 0 Å². The van der Waals surface area contributed by atoms with Crippen molar-refractivity contribution in [1.29, 1.82) is 0 Å². The summed E-state index contributed by atoms with van der Waals surface area (Å²) in [5.74, 6) is -0.197. The van der Waals surface area contributed by atoms with E-state index >= 15 is 0 Å². The van der Waals surface area contributed by atoms with Gasteiger partial charge in [-0.3, -0.25) is 0 Å². The summed E-state index contributed by atoms with van der Waals surface area (Å²) in [5.41, 5.74) is 3.08. The number of hydrogen-bond acceptors (Lipinski definition) is 1. The fraction of sp³-hybridized carbons (Fsp3) is 0.200. The molecule has 0 spiro atoms. The van der Waals surface area contributed by atoms with Gasteiger partial charge in [0.1, 0.15) is 5.75 Å². The van der Waals surface area contributed by atoms with Crippen molar-refractivity contribution >= 4 is 22.6 Å². The maximum Gasteiger partial charge on any atom is 0.573 e. The van der Waals surface area contributed by atoms with Crippen LogP contribution in [0.3, 0.4) is 0 Å². The van der Waals surface area contributed by atoms with Gasteiger partial charge in [-0.2, -0.15) is 0 Å². The van der Waals surface area contributed by atoms with Gasteiger partial charge in [0.05, 0.1) is 0 Å². The minimum atomic E-state index is -4.66. The van der Waals surface area contributed by atoms with Gasteiger partial charge < -0.3 is 4.74 Å². The summed E-state index contributed by atoms with van der Waals surface area (Å²) < 4.78 is 41.1. The first-order chi connectivity index (χ1) is 9.39. The van der Waals surface area contributed by atoms with Crippen LogP contribution < -0.4 is 4.74 Å². The standard InChI is InChI=1S/C15H12F3IO/c1-2-10-4-3-5-11(8-10)13-7-6-12(9-14(13)19)20-15(16,17)18/h3-9H,2H2,1H3. The molecule has 0 radical (unpaired) electrons. The molecule has 0 unspecified atom stereocenters. The van der Waals surface area contributed by atoms with Gasteiger partial charge in [0.2, 0.25) is 0 Å². The van der Waals surface area contributed by atoms with Gasteiger partial charge in [-0.15, -0.1) is 13.2 Å². The Morgan fingerprint density at radius 1 is 1.10 bits per heavy atom. The second-order valence-corrected chi connectivity index (χ2v) is 5.41. The summed E-state index contributed by atoms with van der Waals surface area (Å²) in [6.45, 7) is 2.06. The number of rotatable bonds is 3. The van der Waals surface area contributed by atoms with Crippen LogP contribution in [-0.2, 0) is 6.42 Å². The van der Waals surface area contributed by atoms with Crippen molar-refractivity contribution in [3.8, 4) is 16.9 Å². The Morgan fingerprint density at radius 3 is 2.45 bits per heavy atom. The number of aryl methyl sites for hydroxylation is 1. The third-order valence-electron chi connectivity index (χ3n) is 2.82. The van der Waals surface area contributed by atoms with Crippen molar-refractivity contribution in [2.75, 3.05) is 0 Å². The van der Waals surface area contributed by atoms with E-state index in [1.54, 1.807) is 6.07 Å². The van der Waals surface area contributed by atoms with Gasteiger partial charge in [-0.1, -0.05) is 31.2 Å². The molecule has 20 heavy (non-hydrogen) atoms. The minimum Gasteiger partial charge on any atom is -0.406 e. The number of halogens is 4. The topological polar surface area (TPSA) is 9.23 Å². The van der Waals surface area contributed by atoms with Gasteiger partial charge in [0.25, 0.3) is 0 Å². The molecule has 0 aliphatic rings. The van der Waals surface area contributed by atoms with Gasteiger partial charge in [-0.05, 0) is 63.9 Å². The second-order valence-electron chi connectivity index (χ2n) is 4.24. The number of alkyl halides is 3. The third kappa shape index (κ3) is 3.88. The molecule has 0 saturated heterocycles. The first-order valence-electron chi connectivity index (χ1n) is 6.03. The molecule has 0 bridgehead atoms. The molecule has 0 amide bonds. The minimum absolute atomic E-state index is 0.197. The van der Waals surface area contributed by atoms with Crippen LogP contribution >= 0.6 is 22.6 Å². The highest BCUT2D eigenvalue weighted by atomic mass is 127. The van der Waals surface area contributed by atoms with Crippen molar-refractivity contribution in [1.82, 2.24) is 0 Å². The van der Waals surface area contributed by atoms with E-state index in [1.807, 2.05) is 46.9 Å². The smallest absolute Gasteiger partial charge is 0.406 e. The Bertz CT molecular complexity index is 608. The molecule has 0 atom stereocenters. The lowest BCUT2D eigenvalue weighted by Crippen LogP contribution is -2.17. The number of hydrogen-bond donors (Lipinski definition) is 0. The predicted molar refractivity (Wildman–Crippen MR) is 80.7 cm³/mol. The summed E-state index contributed by atoms with van der Waals surface area (Å²) >= 11 is 2.02. The Morgan fingerprint density at radius 2 is 1.85 bits per heavy atom. The van der Waals surface area contributed by atoms with E-state index < -0.39 is 6.36 Å². The van der Waals surface area contributed by atoms with E-state index in [9.17, 15) is 13.2 Å². The summed E-state index contributed by atoms with van der Waals surface area (Å²) in [6.07, 6.45) is -3.74. The lowest BCUT2D eigenvalue weighted by molar-refractivity contribution is -0.274. The van der Waals surface area contributed by atoms with E-state index in [2.05, 4.69) is 11.7 Å². The summed E-state index contributed by atoms with van der Waals surface area (Å²) in [6, 6.07) is 12.3. The van der Waals surface area contributed by atoms with E-state index in [0.717, 1.165) is 21.1 Å². The SMILES string of the molecule is CCc1cccc(-c2ccc(OC(F)(F)F)cc2I)c1. The molecule has 5 heteroatoms. The monoisotopic (exact) mass is 392 g/mol. The first-order valence-corrected chi connectivity index (χ1v) is 7.11. The maximum absolute atomic E-state index is 12.2. The van der Waals surface area contributed by atoms with Crippen molar-refractivity contribution < 1.29 is 17.9 Å². The molecule has 0 aliphatic carbocycles. The molecule has 0 aliphatic heterocycles. The van der Waals surface area contributed by atoms with Crippen molar-refractivity contribution in [2.24, 2.45) is 0 Å². The Labute approximate surface area is 128 Å². The summed E-state index contributed by atoms with van der Waals surface area (Å²) in [5, 5.41) is 0. The van der Waals surface area contributed by atoms with Gasteiger partial charge >= 0.3 is 6.36 Å². The first kappa shape index (κ1) is 15.2. The number of benzene rings is 2. The van der Waals surface area contributed by atoms with E-state index in [0.29, 0.717) is 0 Å². The molecular formula is C15H12F3IO. The molecular weight excluding hydrogens is 380 g/mol. The van der Waals surface area contributed by atoms with E-state index in [-0.39, 0.29) is 5.75 Å². The van der Waals surface area contributed by atoms with Crippen LogP contribution in [0.25, 0.3) is 11.1 Å². The van der Waals surface area contributed by atoms with Crippen LogP contribution in [0.15, 0.2) is 42.5 Å². The molecule has 0 saturated carbocycles. The van der Waals surface area contributed by atoms with Gasteiger partial charge in [0, 0.05) is 3.57 Å². The highest BCUT2D eigenvalue weighted by Crippen LogP contribution is 2.31. The fourth-order valence-corrected chi connectivity index (χ4v) is 2.68. The third-order valence-corrected chi connectivity index (χ3v) is 3.71. The molecule has 0 heterocycles. The van der Waals surface area contributed by atoms with Crippen molar-refractivity contribution in [2.45, 2.75) is 19.7 Å². The van der Waals surface area contributed by atoms with E-state index in [4.69, 9.17) is 0 Å². The largest absolute Gasteiger partial charge is 0.573 e. The van der Waals surface area contributed by atoms with Crippen LogP contribution in [0.4, 0.5) is 13.2 Å². The highest BCUT2D eigenvalue weighted by Gasteiger charge is 2.31. The van der Waals surface area contributed by atoms with Crippen LogP contribution in [-0.4, -0.2) is 6.36 Å². The predicted octanol–water partition coefficient (Wildman–Crippen LogP) is 5.42. The molecule has 2 rings (SSSR count).